The van der Waals surface area contributed by atoms with Crippen molar-refractivity contribution in [3.8, 4) is 11.4 Å². The molecule has 7 nitrogen and oxygen atoms in total. The number of piperidine rings is 1. The van der Waals surface area contributed by atoms with E-state index in [0.717, 1.165) is 12.8 Å². The molecule has 28 heavy (non-hydrogen) atoms. The van der Waals surface area contributed by atoms with Gasteiger partial charge in [0, 0.05) is 24.7 Å². The molecule has 0 radical (unpaired) electrons. The number of carbonyl (C=O) groups is 1. The Labute approximate surface area is 164 Å². The second-order valence-electron chi connectivity index (χ2n) is 7.59. The van der Waals surface area contributed by atoms with Gasteiger partial charge in [0.25, 0.3) is 0 Å². The number of hydrogen-bond donors (Lipinski definition) is 1. The molecule has 1 fully saturated rings. The second kappa shape index (κ2) is 9.14. The summed E-state index contributed by atoms with van der Waals surface area (Å²) in [5.41, 5.74) is 0.579. The van der Waals surface area contributed by atoms with E-state index in [9.17, 15) is 9.18 Å². The molecule has 1 N–H and O–H groups in total. The van der Waals surface area contributed by atoms with Crippen LogP contribution in [-0.4, -0.2) is 46.9 Å². The van der Waals surface area contributed by atoms with Crippen molar-refractivity contribution in [3.05, 3.63) is 36.0 Å². The summed E-state index contributed by atoms with van der Waals surface area (Å²) in [7, 11) is 0. The average molecular weight is 390 g/mol. The molecule has 1 aromatic carbocycles. The Bertz CT molecular complexity index is 787. The molecule has 1 amide bonds. The maximum absolute atomic E-state index is 13.4. The summed E-state index contributed by atoms with van der Waals surface area (Å²) in [5.74, 6) is 0.813. The lowest BCUT2D eigenvalue weighted by atomic mass is 10.0. The number of nitrogens with one attached hydrogen (secondary N) is 1. The van der Waals surface area contributed by atoms with Gasteiger partial charge in [-0.3, -0.25) is 0 Å². The van der Waals surface area contributed by atoms with Crippen LogP contribution in [0.5, 0.6) is 0 Å². The number of halogens is 1. The number of likely N-dealkylation sites (tertiary alicyclic amines) is 1. The van der Waals surface area contributed by atoms with Gasteiger partial charge in [0.2, 0.25) is 11.7 Å². The van der Waals surface area contributed by atoms with Gasteiger partial charge in [0.15, 0.2) is 0 Å². The standard InChI is InChI=1S/C20H27FN4O3/c1-13(2)12-27-20(26)25-9-7-17(8-10-25)22-14(3)19-23-18(24-28-19)15-5-4-6-16(21)11-15/h4-6,11,13-14,17,22H,7-10,12H2,1-3H3/t14-/m1/s1. The first-order chi connectivity index (χ1) is 13.4. The molecule has 0 saturated carbocycles. The van der Waals surface area contributed by atoms with Crippen LogP contribution in [0.25, 0.3) is 11.4 Å². The highest BCUT2D eigenvalue weighted by Crippen LogP contribution is 2.21. The quantitative estimate of drug-likeness (QED) is 0.808. The normalized spacial score (nSPS) is 16.4. The Hall–Kier alpha value is -2.48. The second-order valence-corrected chi connectivity index (χ2v) is 7.59. The van der Waals surface area contributed by atoms with E-state index in [1.807, 2.05) is 20.8 Å². The third kappa shape index (κ3) is 5.28. The molecule has 0 aliphatic carbocycles. The van der Waals surface area contributed by atoms with Crippen molar-refractivity contribution in [2.24, 2.45) is 5.92 Å². The van der Waals surface area contributed by atoms with Crippen LogP contribution in [0.2, 0.25) is 0 Å². The van der Waals surface area contributed by atoms with Crippen LogP contribution < -0.4 is 5.32 Å². The minimum absolute atomic E-state index is 0.140. The molecule has 1 aliphatic rings. The maximum Gasteiger partial charge on any atom is 0.409 e. The molecule has 3 rings (SSSR count). The third-order valence-electron chi connectivity index (χ3n) is 4.67. The summed E-state index contributed by atoms with van der Waals surface area (Å²) in [6.07, 6.45) is 1.41. The SMILES string of the molecule is CC(C)COC(=O)N1CCC(N[C@H](C)c2nc(-c3cccc(F)c3)no2)CC1. The molecular weight excluding hydrogens is 363 g/mol. The fraction of sp³-hybridized carbons (Fsp3) is 0.550. The van der Waals surface area contributed by atoms with Crippen LogP contribution >= 0.6 is 0 Å². The monoisotopic (exact) mass is 390 g/mol. The predicted octanol–water partition coefficient (Wildman–Crippen LogP) is 3.78. The van der Waals surface area contributed by atoms with E-state index in [0.29, 0.717) is 42.9 Å². The van der Waals surface area contributed by atoms with Crippen LogP contribution in [0.15, 0.2) is 28.8 Å². The van der Waals surface area contributed by atoms with Crippen molar-refractivity contribution in [2.75, 3.05) is 19.7 Å². The van der Waals surface area contributed by atoms with Crippen LogP contribution in [-0.2, 0) is 4.74 Å². The number of nitrogens with zero attached hydrogens (tertiary/aromatic N) is 3. The largest absolute Gasteiger partial charge is 0.449 e. The minimum Gasteiger partial charge on any atom is -0.449 e. The lowest BCUT2D eigenvalue weighted by molar-refractivity contribution is 0.0809. The summed E-state index contributed by atoms with van der Waals surface area (Å²) in [6.45, 7) is 7.73. The molecule has 2 aromatic rings. The Morgan fingerprint density at radius 3 is 2.79 bits per heavy atom. The topological polar surface area (TPSA) is 80.5 Å². The van der Waals surface area contributed by atoms with Crippen molar-refractivity contribution in [1.82, 2.24) is 20.4 Å². The zero-order chi connectivity index (χ0) is 20.1. The summed E-state index contributed by atoms with van der Waals surface area (Å²) >= 11 is 0. The fourth-order valence-corrected chi connectivity index (χ4v) is 3.14. The Kier molecular flexibility index (Phi) is 6.61. The van der Waals surface area contributed by atoms with Gasteiger partial charge < -0.3 is 19.5 Å². The van der Waals surface area contributed by atoms with E-state index in [4.69, 9.17) is 9.26 Å². The first kappa shape index (κ1) is 20.3. The van der Waals surface area contributed by atoms with E-state index < -0.39 is 0 Å². The number of aromatic nitrogens is 2. The van der Waals surface area contributed by atoms with Gasteiger partial charge >= 0.3 is 6.09 Å². The van der Waals surface area contributed by atoms with Crippen molar-refractivity contribution >= 4 is 6.09 Å². The summed E-state index contributed by atoms with van der Waals surface area (Å²) < 4.78 is 24.0. The number of carbonyl (C=O) groups excluding carboxylic acids is 1. The minimum atomic E-state index is -0.339. The number of amides is 1. The zero-order valence-electron chi connectivity index (χ0n) is 16.5. The van der Waals surface area contributed by atoms with Crippen molar-refractivity contribution in [3.63, 3.8) is 0 Å². The number of rotatable bonds is 6. The highest BCUT2D eigenvalue weighted by molar-refractivity contribution is 5.67. The molecule has 1 aromatic heterocycles. The number of benzene rings is 1. The molecule has 0 unspecified atom stereocenters. The average Bonchev–Trinajstić information content (AvgIpc) is 3.17. The lowest BCUT2D eigenvalue weighted by Crippen LogP contribution is -2.45. The lowest BCUT2D eigenvalue weighted by Gasteiger charge is -2.32. The van der Waals surface area contributed by atoms with E-state index in [1.54, 1.807) is 17.0 Å². The molecule has 0 bridgehead atoms. The van der Waals surface area contributed by atoms with Crippen molar-refractivity contribution < 1.29 is 18.4 Å². The molecule has 1 saturated heterocycles. The molecule has 2 heterocycles. The van der Waals surface area contributed by atoms with Gasteiger partial charge in [0.05, 0.1) is 12.6 Å². The van der Waals surface area contributed by atoms with Gasteiger partial charge in [-0.25, -0.2) is 9.18 Å². The van der Waals surface area contributed by atoms with E-state index >= 15 is 0 Å². The summed E-state index contributed by atoms with van der Waals surface area (Å²) in [4.78, 5) is 18.2. The predicted molar refractivity (Wildman–Crippen MR) is 102 cm³/mol. The summed E-state index contributed by atoms with van der Waals surface area (Å²) in [5, 5.41) is 7.42. The highest BCUT2D eigenvalue weighted by atomic mass is 19.1. The third-order valence-corrected chi connectivity index (χ3v) is 4.67. The first-order valence-electron chi connectivity index (χ1n) is 9.69. The van der Waals surface area contributed by atoms with Gasteiger partial charge in [-0.1, -0.05) is 31.1 Å². The molecule has 152 valence electrons. The summed E-state index contributed by atoms with van der Waals surface area (Å²) in [6, 6.07) is 6.21. The van der Waals surface area contributed by atoms with Gasteiger partial charge in [-0.2, -0.15) is 4.98 Å². The van der Waals surface area contributed by atoms with E-state index in [2.05, 4.69) is 15.5 Å². The van der Waals surface area contributed by atoms with Crippen LogP contribution in [0.4, 0.5) is 9.18 Å². The van der Waals surface area contributed by atoms with E-state index in [1.165, 1.54) is 12.1 Å². The van der Waals surface area contributed by atoms with Gasteiger partial charge in [0.1, 0.15) is 5.82 Å². The van der Waals surface area contributed by atoms with Gasteiger partial charge in [-0.15, -0.1) is 0 Å². The van der Waals surface area contributed by atoms with Crippen LogP contribution in [0.3, 0.4) is 0 Å². The number of hydrogen-bond acceptors (Lipinski definition) is 6. The van der Waals surface area contributed by atoms with Crippen LogP contribution in [0, 0.1) is 11.7 Å². The number of ether oxygens (including phenoxy) is 1. The highest BCUT2D eigenvalue weighted by Gasteiger charge is 2.26. The maximum atomic E-state index is 13.4. The zero-order valence-corrected chi connectivity index (χ0v) is 16.5. The Morgan fingerprint density at radius 2 is 2.11 bits per heavy atom. The van der Waals surface area contributed by atoms with Crippen LogP contribution in [0.1, 0.15) is 45.5 Å². The van der Waals surface area contributed by atoms with Crippen molar-refractivity contribution in [2.45, 2.75) is 45.7 Å². The molecule has 1 aliphatic heterocycles. The Balaban J connectivity index is 1.50. The molecule has 1 atom stereocenters. The first-order valence-corrected chi connectivity index (χ1v) is 9.69. The molecular formula is C20H27FN4O3. The van der Waals surface area contributed by atoms with E-state index in [-0.39, 0.29) is 24.0 Å². The van der Waals surface area contributed by atoms with Crippen molar-refractivity contribution in [1.29, 1.82) is 0 Å². The fourth-order valence-electron chi connectivity index (χ4n) is 3.14. The molecule has 0 spiro atoms. The molecule has 8 heteroatoms. The van der Waals surface area contributed by atoms with Gasteiger partial charge in [-0.05, 0) is 37.8 Å². The Morgan fingerprint density at radius 1 is 1.36 bits per heavy atom. The smallest absolute Gasteiger partial charge is 0.409 e.